The van der Waals surface area contributed by atoms with Crippen LogP contribution in [-0.2, 0) is 25.4 Å². The van der Waals surface area contributed by atoms with Crippen molar-refractivity contribution < 1.29 is 26.3 Å². The van der Waals surface area contributed by atoms with Gasteiger partial charge in [-0.05, 0) is 73.5 Å². The summed E-state index contributed by atoms with van der Waals surface area (Å²) in [6, 6.07) is 12.6. The molecule has 1 heterocycles. The van der Waals surface area contributed by atoms with Crippen molar-refractivity contribution in [3.8, 4) is 0 Å². The standard InChI is InChI=1S/C23H21F6N3/c1-14-6-16(22(24,25)26)10-20(8-14)30-12-18-4-3-5-19(32-18)13-31-21-9-15(2)7-17(11-21)23(27,28)29/h3-11,30-31H,12-13H2,1-2H3. The number of benzene rings is 2. The van der Waals surface area contributed by atoms with Gasteiger partial charge in [0.2, 0.25) is 0 Å². The van der Waals surface area contributed by atoms with E-state index in [1.54, 1.807) is 44.2 Å². The van der Waals surface area contributed by atoms with Crippen molar-refractivity contribution in [1.29, 1.82) is 0 Å². The predicted molar refractivity (Wildman–Crippen MR) is 111 cm³/mol. The fourth-order valence-corrected chi connectivity index (χ4v) is 3.21. The topological polar surface area (TPSA) is 37.0 Å². The van der Waals surface area contributed by atoms with Crippen LogP contribution < -0.4 is 10.6 Å². The maximum atomic E-state index is 13.0. The van der Waals surface area contributed by atoms with Crippen LogP contribution in [0.15, 0.2) is 54.6 Å². The number of pyridine rings is 1. The Labute approximate surface area is 181 Å². The molecule has 0 unspecified atom stereocenters. The number of nitrogens with one attached hydrogen (secondary N) is 2. The Balaban J connectivity index is 1.67. The van der Waals surface area contributed by atoms with Crippen LogP contribution in [0.25, 0.3) is 0 Å². The minimum absolute atomic E-state index is 0.192. The number of hydrogen-bond donors (Lipinski definition) is 2. The number of hydrogen-bond acceptors (Lipinski definition) is 3. The van der Waals surface area contributed by atoms with Gasteiger partial charge >= 0.3 is 12.4 Å². The molecule has 3 aromatic rings. The molecule has 0 bridgehead atoms. The van der Waals surface area contributed by atoms with E-state index in [1.165, 1.54) is 0 Å². The van der Waals surface area contributed by atoms with Gasteiger partial charge in [0.25, 0.3) is 0 Å². The molecule has 32 heavy (non-hydrogen) atoms. The maximum absolute atomic E-state index is 13.0. The number of nitrogens with zero attached hydrogens (tertiary/aromatic N) is 1. The Kier molecular flexibility index (Phi) is 6.66. The Morgan fingerprint density at radius 2 is 1.06 bits per heavy atom. The molecule has 2 N–H and O–H groups in total. The van der Waals surface area contributed by atoms with Gasteiger partial charge < -0.3 is 10.6 Å². The minimum Gasteiger partial charge on any atom is -0.379 e. The van der Waals surface area contributed by atoms with E-state index < -0.39 is 23.5 Å². The maximum Gasteiger partial charge on any atom is 0.416 e. The highest BCUT2D eigenvalue weighted by molar-refractivity contribution is 5.50. The van der Waals surface area contributed by atoms with E-state index in [0.717, 1.165) is 24.3 Å². The highest BCUT2D eigenvalue weighted by atomic mass is 19.4. The van der Waals surface area contributed by atoms with E-state index in [0.29, 0.717) is 33.9 Å². The van der Waals surface area contributed by atoms with Gasteiger partial charge in [-0.15, -0.1) is 0 Å². The van der Waals surface area contributed by atoms with Gasteiger partial charge in [-0.2, -0.15) is 26.3 Å². The second-order valence-electron chi connectivity index (χ2n) is 7.50. The smallest absolute Gasteiger partial charge is 0.379 e. The lowest BCUT2D eigenvalue weighted by atomic mass is 10.1. The molecule has 0 amide bonds. The third-order valence-corrected chi connectivity index (χ3v) is 4.62. The molecular weight excluding hydrogens is 432 g/mol. The van der Waals surface area contributed by atoms with Gasteiger partial charge in [-0.1, -0.05) is 6.07 Å². The normalized spacial score (nSPS) is 12.0. The molecule has 0 aliphatic carbocycles. The van der Waals surface area contributed by atoms with Crippen LogP contribution in [0.4, 0.5) is 37.7 Å². The van der Waals surface area contributed by atoms with Crippen LogP contribution in [0.1, 0.15) is 33.6 Å². The summed E-state index contributed by atoms with van der Waals surface area (Å²) in [4.78, 5) is 4.42. The quantitative estimate of drug-likeness (QED) is 0.396. The second-order valence-corrected chi connectivity index (χ2v) is 7.50. The number of halogens is 6. The van der Waals surface area contributed by atoms with E-state index >= 15 is 0 Å². The zero-order chi connectivity index (χ0) is 23.5. The van der Waals surface area contributed by atoms with Gasteiger partial charge in [0, 0.05) is 11.4 Å². The SMILES string of the molecule is Cc1cc(NCc2cccc(CNc3cc(C)cc(C(F)(F)F)c3)n2)cc(C(F)(F)F)c1. The molecule has 3 rings (SSSR count). The van der Waals surface area contributed by atoms with Crippen molar-refractivity contribution >= 4 is 11.4 Å². The Morgan fingerprint density at radius 3 is 1.44 bits per heavy atom. The van der Waals surface area contributed by atoms with Crippen LogP contribution in [-0.4, -0.2) is 4.98 Å². The van der Waals surface area contributed by atoms with E-state index in [1.807, 2.05) is 0 Å². The fourth-order valence-electron chi connectivity index (χ4n) is 3.21. The lowest BCUT2D eigenvalue weighted by Crippen LogP contribution is -2.09. The first kappa shape index (κ1) is 23.4. The minimum atomic E-state index is -4.44. The highest BCUT2D eigenvalue weighted by Gasteiger charge is 2.31. The van der Waals surface area contributed by atoms with Crippen molar-refractivity contribution in [1.82, 2.24) is 4.98 Å². The highest BCUT2D eigenvalue weighted by Crippen LogP contribution is 2.33. The van der Waals surface area contributed by atoms with E-state index in [4.69, 9.17) is 0 Å². The number of aromatic nitrogens is 1. The fraction of sp³-hybridized carbons (Fsp3) is 0.261. The van der Waals surface area contributed by atoms with Gasteiger partial charge in [0.1, 0.15) is 0 Å². The van der Waals surface area contributed by atoms with Crippen LogP contribution in [0, 0.1) is 13.8 Å². The van der Waals surface area contributed by atoms with Crippen molar-refractivity contribution in [3.63, 3.8) is 0 Å². The molecule has 0 radical (unpaired) electrons. The zero-order valence-corrected chi connectivity index (χ0v) is 17.3. The molecule has 2 aromatic carbocycles. The largest absolute Gasteiger partial charge is 0.416 e. The van der Waals surface area contributed by atoms with E-state index in [9.17, 15) is 26.3 Å². The summed E-state index contributed by atoms with van der Waals surface area (Å²) in [6.07, 6.45) is -8.87. The molecule has 0 saturated heterocycles. The summed E-state index contributed by atoms with van der Waals surface area (Å²) in [5.41, 5.74) is 1.29. The summed E-state index contributed by atoms with van der Waals surface area (Å²) in [5, 5.41) is 5.88. The van der Waals surface area contributed by atoms with Gasteiger partial charge in [0.15, 0.2) is 0 Å². The van der Waals surface area contributed by atoms with E-state index in [-0.39, 0.29) is 13.1 Å². The van der Waals surface area contributed by atoms with Crippen LogP contribution in [0.2, 0.25) is 0 Å². The molecule has 0 saturated carbocycles. The second kappa shape index (κ2) is 9.10. The van der Waals surface area contributed by atoms with Crippen LogP contribution >= 0.6 is 0 Å². The van der Waals surface area contributed by atoms with Crippen molar-refractivity contribution in [2.24, 2.45) is 0 Å². The summed E-state index contributed by atoms with van der Waals surface area (Å²) >= 11 is 0. The van der Waals surface area contributed by atoms with E-state index in [2.05, 4.69) is 15.6 Å². The van der Waals surface area contributed by atoms with Crippen LogP contribution in [0.5, 0.6) is 0 Å². The first-order valence-corrected chi connectivity index (χ1v) is 9.70. The molecule has 1 aromatic heterocycles. The lowest BCUT2D eigenvalue weighted by Gasteiger charge is -2.13. The predicted octanol–water partition coefficient (Wildman–Crippen LogP) is 6.96. The third kappa shape index (κ3) is 6.38. The Hall–Kier alpha value is -3.23. The molecule has 9 heteroatoms. The lowest BCUT2D eigenvalue weighted by molar-refractivity contribution is -0.138. The monoisotopic (exact) mass is 453 g/mol. The molecular formula is C23H21F6N3. The zero-order valence-electron chi connectivity index (χ0n) is 17.3. The number of aryl methyl sites for hydroxylation is 2. The molecule has 3 nitrogen and oxygen atoms in total. The van der Waals surface area contributed by atoms with Gasteiger partial charge in [-0.3, -0.25) is 4.98 Å². The summed E-state index contributed by atoms with van der Waals surface area (Å²) in [5.74, 6) is 0. The molecule has 0 fully saturated rings. The molecule has 170 valence electrons. The molecule has 0 aliphatic rings. The molecule has 0 atom stereocenters. The van der Waals surface area contributed by atoms with Crippen molar-refractivity contribution in [2.75, 3.05) is 10.6 Å². The Morgan fingerprint density at radius 1 is 0.656 bits per heavy atom. The number of anilines is 2. The van der Waals surface area contributed by atoms with Crippen LogP contribution in [0.3, 0.4) is 0 Å². The summed E-state index contributed by atoms with van der Waals surface area (Å²) in [7, 11) is 0. The first-order valence-electron chi connectivity index (χ1n) is 9.70. The summed E-state index contributed by atoms with van der Waals surface area (Å²) < 4.78 is 78.0. The first-order chi connectivity index (χ1) is 14.9. The average Bonchev–Trinajstić information content (AvgIpc) is 2.69. The van der Waals surface area contributed by atoms with Crippen molar-refractivity contribution in [3.05, 3.63) is 88.2 Å². The Bertz CT molecular complexity index is 1010. The average molecular weight is 453 g/mol. The van der Waals surface area contributed by atoms with Gasteiger partial charge in [0.05, 0.1) is 35.6 Å². The summed E-state index contributed by atoms with van der Waals surface area (Å²) in [6.45, 7) is 3.55. The third-order valence-electron chi connectivity index (χ3n) is 4.62. The van der Waals surface area contributed by atoms with Crippen molar-refractivity contribution in [2.45, 2.75) is 39.3 Å². The van der Waals surface area contributed by atoms with Gasteiger partial charge in [-0.25, -0.2) is 0 Å². The number of alkyl halides is 6. The number of rotatable bonds is 6. The molecule has 0 spiro atoms. The molecule has 0 aliphatic heterocycles.